The van der Waals surface area contributed by atoms with Crippen LogP contribution in [0.1, 0.15) is 60.7 Å². The lowest BCUT2D eigenvalue weighted by Crippen LogP contribution is -2.11. The van der Waals surface area contributed by atoms with Gasteiger partial charge in [-0.05, 0) is 20.8 Å². The Bertz CT molecular complexity index is 335. The van der Waals surface area contributed by atoms with E-state index in [1.165, 1.54) is 19.3 Å². The highest BCUT2D eigenvalue weighted by Crippen LogP contribution is 2.14. The number of ether oxygens (including phenoxy) is 2. The Morgan fingerprint density at radius 2 is 1.24 bits per heavy atom. The van der Waals surface area contributed by atoms with Crippen LogP contribution in [0.25, 0.3) is 0 Å². The van der Waals surface area contributed by atoms with E-state index in [1.807, 2.05) is 20.8 Å². The molecule has 0 unspecified atom stereocenters. The fourth-order valence-electron chi connectivity index (χ4n) is 1.17. The zero-order chi connectivity index (χ0) is 15.9. The van der Waals surface area contributed by atoms with Crippen molar-refractivity contribution in [2.45, 2.75) is 46.3 Å². The Hall–Kier alpha value is -1.52. The van der Waals surface area contributed by atoms with E-state index >= 15 is 0 Å². The minimum atomic E-state index is -0.0370. The number of rotatable bonds is 6. The van der Waals surface area contributed by atoms with Crippen LogP contribution in [0.2, 0.25) is 0 Å². The topological polar surface area (TPSA) is 52.6 Å². The quantitative estimate of drug-likeness (QED) is 0.590. The molecule has 0 saturated heterocycles. The lowest BCUT2D eigenvalue weighted by Gasteiger charge is -2.09. The molecule has 4 heteroatoms. The standard InChI is InChI=1S/C8H6O2.C6H14O2.C3H6/c9-5-7-1-2-8(6-10)4-3-7;1-4-7-6(3)8-5-2;1-2-3-1/h1-6H;6H,4-5H2,1-3H3;1-3H2. The maximum absolute atomic E-state index is 10.1. The lowest BCUT2D eigenvalue weighted by molar-refractivity contribution is -0.123. The molecule has 2 rings (SSSR count). The maximum Gasteiger partial charge on any atom is 0.154 e. The van der Waals surface area contributed by atoms with Crippen molar-refractivity contribution >= 4 is 12.6 Å². The number of aldehydes is 2. The predicted molar refractivity (Wildman–Crippen MR) is 83.8 cm³/mol. The fourth-order valence-corrected chi connectivity index (χ4v) is 1.17. The van der Waals surface area contributed by atoms with Crippen molar-refractivity contribution in [3.05, 3.63) is 35.4 Å². The molecule has 0 spiro atoms. The van der Waals surface area contributed by atoms with Crippen molar-refractivity contribution in [3.63, 3.8) is 0 Å². The summed E-state index contributed by atoms with van der Waals surface area (Å²) in [7, 11) is 0. The molecule has 4 nitrogen and oxygen atoms in total. The molecule has 0 radical (unpaired) electrons. The Balaban J connectivity index is 0.000000323. The molecule has 0 atom stereocenters. The van der Waals surface area contributed by atoms with E-state index in [-0.39, 0.29) is 6.29 Å². The van der Waals surface area contributed by atoms with E-state index < -0.39 is 0 Å². The van der Waals surface area contributed by atoms with Gasteiger partial charge in [-0.25, -0.2) is 0 Å². The summed E-state index contributed by atoms with van der Waals surface area (Å²) >= 11 is 0. The highest BCUT2D eigenvalue weighted by molar-refractivity contribution is 5.79. The molecular weight excluding hydrogens is 268 g/mol. The number of hydrogen-bond donors (Lipinski definition) is 0. The Morgan fingerprint density at radius 3 is 1.43 bits per heavy atom. The molecule has 118 valence electrons. The first kappa shape index (κ1) is 19.5. The molecule has 0 amide bonds. The molecule has 0 aromatic heterocycles. The second-order valence-corrected chi connectivity index (χ2v) is 4.44. The van der Waals surface area contributed by atoms with Crippen molar-refractivity contribution in [1.29, 1.82) is 0 Å². The first-order chi connectivity index (χ1) is 10.2. The third kappa shape index (κ3) is 13.2. The fraction of sp³-hybridized carbons (Fsp3) is 0.529. The molecule has 1 aromatic rings. The highest BCUT2D eigenvalue weighted by Gasteiger charge is 1.95. The van der Waals surface area contributed by atoms with E-state index in [2.05, 4.69) is 0 Å². The van der Waals surface area contributed by atoms with Crippen molar-refractivity contribution in [3.8, 4) is 0 Å². The normalized spacial score (nSPS) is 11.6. The number of hydrogen-bond acceptors (Lipinski definition) is 4. The van der Waals surface area contributed by atoms with Gasteiger partial charge in [0, 0.05) is 24.3 Å². The van der Waals surface area contributed by atoms with Crippen LogP contribution in [0.4, 0.5) is 0 Å². The van der Waals surface area contributed by atoms with E-state index in [4.69, 9.17) is 9.47 Å². The molecule has 1 aromatic carbocycles. The Morgan fingerprint density at radius 1 is 0.905 bits per heavy atom. The molecular formula is C17H26O4. The zero-order valence-corrected chi connectivity index (χ0v) is 13.2. The van der Waals surface area contributed by atoms with Crippen LogP contribution in [-0.2, 0) is 9.47 Å². The van der Waals surface area contributed by atoms with E-state index in [0.29, 0.717) is 11.1 Å². The SMILES string of the molecule is C1CC1.CCOC(C)OCC.O=Cc1ccc(C=O)cc1. The van der Waals surface area contributed by atoms with E-state index in [1.54, 1.807) is 24.3 Å². The van der Waals surface area contributed by atoms with Gasteiger partial charge in [-0.1, -0.05) is 43.5 Å². The van der Waals surface area contributed by atoms with Crippen molar-refractivity contribution in [2.75, 3.05) is 13.2 Å². The van der Waals surface area contributed by atoms with Gasteiger partial charge < -0.3 is 9.47 Å². The van der Waals surface area contributed by atoms with Crippen LogP contribution in [0.3, 0.4) is 0 Å². The summed E-state index contributed by atoms with van der Waals surface area (Å²) in [6, 6.07) is 6.43. The van der Waals surface area contributed by atoms with E-state index in [9.17, 15) is 9.59 Å². The highest BCUT2D eigenvalue weighted by atomic mass is 16.7. The Kier molecular flexibility index (Phi) is 12.5. The molecule has 21 heavy (non-hydrogen) atoms. The molecule has 0 bridgehead atoms. The summed E-state index contributed by atoms with van der Waals surface area (Å²) in [6.07, 6.45) is 5.95. The summed E-state index contributed by atoms with van der Waals surface area (Å²) in [5.74, 6) is 0. The molecule has 1 fully saturated rings. The second-order valence-electron chi connectivity index (χ2n) is 4.44. The molecule has 1 aliphatic carbocycles. The lowest BCUT2D eigenvalue weighted by atomic mass is 10.2. The van der Waals surface area contributed by atoms with Crippen LogP contribution < -0.4 is 0 Å². The van der Waals surface area contributed by atoms with Gasteiger partial charge >= 0.3 is 0 Å². The van der Waals surface area contributed by atoms with Crippen LogP contribution in [0.5, 0.6) is 0 Å². The molecule has 0 heterocycles. The van der Waals surface area contributed by atoms with Crippen molar-refractivity contribution < 1.29 is 19.1 Å². The van der Waals surface area contributed by atoms with Crippen LogP contribution in [0, 0.1) is 0 Å². The van der Waals surface area contributed by atoms with Gasteiger partial charge in [0.15, 0.2) is 6.29 Å². The van der Waals surface area contributed by atoms with Gasteiger partial charge in [-0.2, -0.15) is 0 Å². The second kappa shape index (κ2) is 13.5. The third-order valence-corrected chi connectivity index (χ3v) is 2.36. The molecule has 0 aliphatic heterocycles. The number of carbonyl (C=O) groups is 2. The minimum Gasteiger partial charge on any atom is -0.353 e. The first-order valence-corrected chi connectivity index (χ1v) is 7.41. The van der Waals surface area contributed by atoms with Gasteiger partial charge in [-0.15, -0.1) is 0 Å². The van der Waals surface area contributed by atoms with Gasteiger partial charge in [0.05, 0.1) is 0 Å². The molecule has 0 N–H and O–H groups in total. The largest absolute Gasteiger partial charge is 0.353 e. The van der Waals surface area contributed by atoms with Crippen molar-refractivity contribution in [1.82, 2.24) is 0 Å². The summed E-state index contributed by atoms with van der Waals surface area (Å²) in [5.41, 5.74) is 1.18. The van der Waals surface area contributed by atoms with Crippen LogP contribution in [-0.4, -0.2) is 32.1 Å². The monoisotopic (exact) mass is 294 g/mol. The summed E-state index contributed by atoms with van der Waals surface area (Å²) in [4.78, 5) is 20.2. The third-order valence-electron chi connectivity index (χ3n) is 2.36. The van der Waals surface area contributed by atoms with Gasteiger partial charge in [0.25, 0.3) is 0 Å². The summed E-state index contributed by atoms with van der Waals surface area (Å²) in [5, 5.41) is 0. The zero-order valence-electron chi connectivity index (χ0n) is 13.2. The van der Waals surface area contributed by atoms with Gasteiger partial charge in [0.1, 0.15) is 12.6 Å². The van der Waals surface area contributed by atoms with E-state index in [0.717, 1.165) is 25.8 Å². The molecule has 1 aliphatic rings. The van der Waals surface area contributed by atoms with Crippen molar-refractivity contribution in [2.24, 2.45) is 0 Å². The minimum absolute atomic E-state index is 0.0370. The summed E-state index contributed by atoms with van der Waals surface area (Å²) in [6.45, 7) is 7.25. The molecule has 1 saturated carbocycles. The maximum atomic E-state index is 10.1. The average Bonchev–Trinajstić information content (AvgIpc) is 3.37. The smallest absolute Gasteiger partial charge is 0.154 e. The van der Waals surface area contributed by atoms with Gasteiger partial charge in [-0.3, -0.25) is 9.59 Å². The number of benzene rings is 1. The van der Waals surface area contributed by atoms with Crippen LogP contribution >= 0.6 is 0 Å². The first-order valence-electron chi connectivity index (χ1n) is 7.41. The summed E-state index contributed by atoms with van der Waals surface area (Å²) < 4.78 is 10.1. The van der Waals surface area contributed by atoms with Gasteiger partial charge in [0.2, 0.25) is 0 Å². The Labute approximate surface area is 127 Å². The predicted octanol–water partition coefficient (Wildman–Crippen LogP) is 3.89. The number of carbonyl (C=O) groups excluding carboxylic acids is 2. The van der Waals surface area contributed by atoms with Crippen LogP contribution in [0.15, 0.2) is 24.3 Å². The average molecular weight is 294 g/mol.